The molecule has 4 heterocycles. The summed E-state index contributed by atoms with van der Waals surface area (Å²) >= 11 is 1.46. The molecular formula is C21H24N4O2S. The van der Waals surface area contributed by atoms with Gasteiger partial charge < -0.3 is 15.0 Å². The second-order valence-electron chi connectivity index (χ2n) is 7.12. The van der Waals surface area contributed by atoms with Crippen LogP contribution in [0.1, 0.15) is 32.1 Å². The molecule has 1 aliphatic rings. The molecule has 1 aliphatic heterocycles. The van der Waals surface area contributed by atoms with Gasteiger partial charge in [0.25, 0.3) is 5.91 Å². The van der Waals surface area contributed by atoms with Crippen LogP contribution in [0.3, 0.4) is 0 Å². The average molecular weight is 397 g/mol. The fraction of sp³-hybridized carbons (Fsp3) is 0.381. The van der Waals surface area contributed by atoms with Crippen LogP contribution < -0.4 is 10.2 Å². The molecule has 0 atom stereocenters. The molecule has 1 saturated heterocycles. The number of carbonyl (C=O) groups excluding carboxylic acids is 1. The molecule has 0 aromatic carbocycles. The van der Waals surface area contributed by atoms with Gasteiger partial charge in [0.1, 0.15) is 10.6 Å². The first-order chi connectivity index (χ1) is 13.5. The van der Waals surface area contributed by atoms with E-state index in [0.29, 0.717) is 6.54 Å². The van der Waals surface area contributed by atoms with Gasteiger partial charge in [0.15, 0.2) is 0 Å². The van der Waals surface area contributed by atoms with Gasteiger partial charge in [-0.15, -0.1) is 11.3 Å². The lowest BCUT2D eigenvalue weighted by molar-refractivity contribution is 0.0954. The molecule has 0 radical (unpaired) electrons. The second kappa shape index (κ2) is 7.85. The zero-order valence-corrected chi connectivity index (χ0v) is 17.2. The van der Waals surface area contributed by atoms with E-state index in [2.05, 4.69) is 33.2 Å². The van der Waals surface area contributed by atoms with E-state index in [1.54, 1.807) is 0 Å². The summed E-state index contributed by atoms with van der Waals surface area (Å²) in [5, 5.41) is 4.11. The minimum Gasteiger partial charge on any atom is -0.378 e. The van der Waals surface area contributed by atoms with E-state index in [4.69, 9.17) is 4.74 Å². The van der Waals surface area contributed by atoms with Crippen molar-refractivity contribution in [3.05, 3.63) is 51.7 Å². The van der Waals surface area contributed by atoms with E-state index >= 15 is 0 Å². The first kappa shape index (κ1) is 18.8. The number of nitrogens with one attached hydrogen (secondary N) is 1. The zero-order valence-electron chi connectivity index (χ0n) is 16.4. The van der Waals surface area contributed by atoms with Crippen molar-refractivity contribution in [2.24, 2.45) is 0 Å². The van der Waals surface area contributed by atoms with Gasteiger partial charge in [-0.05, 0) is 49.6 Å². The Morgan fingerprint density at radius 3 is 2.75 bits per heavy atom. The van der Waals surface area contributed by atoms with Gasteiger partial charge in [-0.2, -0.15) is 0 Å². The van der Waals surface area contributed by atoms with Gasteiger partial charge >= 0.3 is 0 Å². The van der Waals surface area contributed by atoms with E-state index in [9.17, 15) is 4.79 Å². The number of hydrogen-bond acceptors (Lipinski definition) is 6. The van der Waals surface area contributed by atoms with Crippen LogP contribution in [0.2, 0.25) is 0 Å². The number of aromatic nitrogens is 2. The Kier molecular flexibility index (Phi) is 5.28. The lowest BCUT2D eigenvalue weighted by atomic mass is 10.1. The maximum atomic E-state index is 12.7. The Morgan fingerprint density at radius 1 is 1.25 bits per heavy atom. The summed E-state index contributed by atoms with van der Waals surface area (Å²) < 4.78 is 5.38. The van der Waals surface area contributed by atoms with E-state index < -0.39 is 0 Å². The molecule has 0 bridgehead atoms. The van der Waals surface area contributed by atoms with Crippen LogP contribution in [0.5, 0.6) is 0 Å². The van der Waals surface area contributed by atoms with Crippen molar-refractivity contribution in [3.8, 4) is 0 Å². The van der Waals surface area contributed by atoms with Crippen LogP contribution in [0.15, 0.2) is 24.4 Å². The van der Waals surface area contributed by atoms with Crippen LogP contribution in [0, 0.1) is 20.8 Å². The van der Waals surface area contributed by atoms with Crippen LogP contribution in [0.4, 0.5) is 5.82 Å². The molecule has 6 nitrogen and oxygen atoms in total. The predicted octanol–water partition coefficient (Wildman–Crippen LogP) is 3.38. The van der Waals surface area contributed by atoms with Crippen molar-refractivity contribution < 1.29 is 9.53 Å². The standard InChI is InChI=1S/C21H24N4O2S/c1-13-10-14(2)24-21-18(13)15(3)19(28-21)20(26)23-12-16-4-5-17(22-11-16)25-6-8-27-9-7-25/h4-5,10-11H,6-9,12H2,1-3H3,(H,23,26). The number of amides is 1. The Morgan fingerprint density at radius 2 is 2.04 bits per heavy atom. The van der Waals surface area contributed by atoms with Crippen molar-refractivity contribution in [3.63, 3.8) is 0 Å². The highest BCUT2D eigenvalue weighted by molar-refractivity contribution is 7.20. The molecule has 4 rings (SSSR count). The Balaban J connectivity index is 1.45. The number of pyridine rings is 2. The molecule has 0 unspecified atom stereocenters. The number of nitrogens with zero attached hydrogens (tertiary/aromatic N) is 3. The summed E-state index contributed by atoms with van der Waals surface area (Å²) in [6.45, 7) is 9.70. The molecule has 1 N–H and O–H groups in total. The Labute approximate surface area is 168 Å². The average Bonchev–Trinajstić information content (AvgIpc) is 3.03. The number of morpholine rings is 1. The number of hydrogen-bond donors (Lipinski definition) is 1. The molecule has 146 valence electrons. The molecular weight excluding hydrogens is 372 g/mol. The van der Waals surface area contributed by atoms with E-state index in [-0.39, 0.29) is 5.91 Å². The minimum atomic E-state index is -0.0604. The molecule has 0 aliphatic carbocycles. The summed E-state index contributed by atoms with van der Waals surface area (Å²) in [6.07, 6.45) is 1.83. The molecule has 3 aromatic heterocycles. The van der Waals surface area contributed by atoms with Gasteiger partial charge in [0, 0.05) is 36.9 Å². The quantitative estimate of drug-likeness (QED) is 0.732. The van der Waals surface area contributed by atoms with E-state index in [0.717, 1.165) is 64.0 Å². The number of fused-ring (bicyclic) bond motifs is 1. The third-order valence-corrected chi connectivity index (χ3v) is 6.21. The highest BCUT2D eigenvalue weighted by atomic mass is 32.1. The maximum absolute atomic E-state index is 12.7. The molecule has 7 heteroatoms. The van der Waals surface area contributed by atoms with Crippen molar-refractivity contribution in [1.29, 1.82) is 0 Å². The summed E-state index contributed by atoms with van der Waals surface area (Å²) in [4.78, 5) is 25.7. The lowest BCUT2D eigenvalue weighted by Crippen LogP contribution is -2.36. The molecule has 1 amide bonds. The Bertz CT molecular complexity index is 1010. The predicted molar refractivity (Wildman–Crippen MR) is 112 cm³/mol. The van der Waals surface area contributed by atoms with Crippen molar-refractivity contribution in [2.45, 2.75) is 27.3 Å². The van der Waals surface area contributed by atoms with Crippen LogP contribution in [0.25, 0.3) is 10.2 Å². The number of anilines is 1. The Hall–Kier alpha value is -2.51. The van der Waals surface area contributed by atoms with Crippen LogP contribution >= 0.6 is 11.3 Å². The first-order valence-electron chi connectivity index (χ1n) is 9.46. The van der Waals surface area contributed by atoms with E-state index in [1.807, 2.05) is 32.2 Å². The highest BCUT2D eigenvalue weighted by Gasteiger charge is 2.18. The largest absolute Gasteiger partial charge is 0.378 e. The molecule has 1 fully saturated rings. The lowest BCUT2D eigenvalue weighted by Gasteiger charge is -2.27. The number of carbonyl (C=O) groups is 1. The highest BCUT2D eigenvalue weighted by Crippen LogP contribution is 2.32. The second-order valence-corrected chi connectivity index (χ2v) is 8.12. The first-order valence-corrected chi connectivity index (χ1v) is 10.3. The SMILES string of the molecule is Cc1cc(C)c2c(C)c(C(=O)NCc3ccc(N4CCOCC4)nc3)sc2n1. The van der Waals surface area contributed by atoms with Gasteiger partial charge in [0.05, 0.1) is 18.1 Å². The third kappa shape index (κ3) is 3.72. The zero-order chi connectivity index (χ0) is 19.7. The molecule has 0 saturated carbocycles. The van der Waals surface area contributed by atoms with Crippen LogP contribution in [-0.2, 0) is 11.3 Å². The molecule has 3 aromatic rings. The fourth-order valence-corrected chi connectivity index (χ4v) is 4.82. The minimum absolute atomic E-state index is 0.0604. The summed E-state index contributed by atoms with van der Waals surface area (Å²) in [5.74, 6) is 0.894. The monoisotopic (exact) mass is 396 g/mol. The van der Waals surface area contributed by atoms with Gasteiger partial charge in [0.2, 0.25) is 0 Å². The van der Waals surface area contributed by atoms with E-state index in [1.165, 1.54) is 16.9 Å². The summed E-state index contributed by atoms with van der Waals surface area (Å²) in [7, 11) is 0. The number of thiophene rings is 1. The maximum Gasteiger partial charge on any atom is 0.261 e. The fourth-order valence-electron chi connectivity index (χ4n) is 3.60. The smallest absolute Gasteiger partial charge is 0.261 e. The number of ether oxygens (including phenoxy) is 1. The summed E-state index contributed by atoms with van der Waals surface area (Å²) in [5.41, 5.74) is 4.13. The van der Waals surface area contributed by atoms with Gasteiger partial charge in [-0.3, -0.25) is 4.79 Å². The number of rotatable bonds is 4. The van der Waals surface area contributed by atoms with Gasteiger partial charge in [-0.1, -0.05) is 6.07 Å². The van der Waals surface area contributed by atoms with Crippen molar-refractivity contribution in [2.75, 3.05) is 31.2 Å². The normalized spacial score (nSPS) is 14.5. The van der Waals surface area contributed by atoms with Gasteiger partial charge in [-0.25, -0.2) is 9.97 Å². The molecule has 0 spiro atoms. The van der Waals surface area contributed by atoms with Crippen molar-refractivity contribution in [1.82, 2.24) is 15.3 Å². The van der Waals surface area contributed by atoms with Crippen LogP contribution in [-0.4, -0.2) is 42.2 Å². The molecule has 28 heavy (non-hydrogen) atoms. The van der Waals surface area contributed by atoms with Crippen molar-refractivity contribution >= 4 is 33.3 Å². The summed E-state index contributed by atoms with van der Waals surface area (Å²) in [6, 6.07) is 6.09. The number of aryl methyl sites for hydroxylation is 3. The third-order valence-electron chi connectivity index (χ3n) is 5.03. The topological polar surface area (TPSA) is 67.4 Å².